The quantitative estimate of drug-likeness (QED) is 0.814. The van der Waals surface area contributed by atoms with Crippen molar-refractivity contribution >= 4 is 5.91 Å². The third-order valence-corrected chi connectivity index (χ3v) is 4.33. The third-order valence-electron chi connectivity index (χ3n) is 4.33. The number of piperidine rings is 1. The predicted molar refractivity (Wildman–Crippen MR) is 88.5 cm³/mol. The number of amides is 1. The Morgan fingerprint density at radius 2 is 2.14 bits per heavy atom. The van der Waals surface area contributed by atoms with E-state index < -0.39 is 6.10 Å². The Bertz CT molecular complexity index is 448. The number of nitrogens with one attached hydrogen (secondary N) is 1. The zero-order chi connectivity index (χ0) is 15.8. The van der Waals surface area contributed by atoms with Crippen molar-refractivity contribution in [2.24, 2.45) is 0 Å². The number of hydrogen-bond acceptors (Lipinski definition) is 3. The molecule has 2 unspecified atom stereocenters. The van der Waals surface area contributed by atoms with Gasteiger partial charge in [-0.15, -0.1) is 0 Å². The lowest BCUT2D eigenvalue weighted by molar-refractivity contribution is -0.127. The molecule has 2 N–H and O–H groups in total. The van der Waals surface area contributed by atoms with Gasteiger partial charge in [0.05, 0.1) is 12.1 Å². The van der Waals surface area contributed by atoms with E-state index >= 15 is 0 Å². The minimum atomic E-state index is -0.514. The third kappa shape index (κ3) is 4.82. The Hall–Kier alpha value is -1.39. The van der Waals surface area contributed by atoms with Crippen molar-refractivity contribution in [2.45, 2.75) is 51.2 Å². The van der Waals surface area contributed by atoms with Gasteiger partial charge in [0.15, 0.2) is 0 Å². The summed E-state index contributed by atoms with van der Waals surface area (Å²) >= 11 is 0. The number of carbonyl (C=O) groups excluding carboxylic acids is 1. The van der Waals surface area contributed by atoms with Gasteiger partial charge in [0.1, 0.15) is 0 Å². The molecule has 0 radical (unpaired) electrons. The number of carbonyl (C=O) groups is 1. The van der Waals surface area contributed by atoms with Gasteiger partial charge in [-0.25, -0.2) is 0 Å². The average molecular weight is 304 g/mol. The maximum atomic E-state index is 12.4. The number of benzene rings is 1. The second kappa shape index (κ2) is 8.91. The smallest absolute Gasteiger partial charge is 0.237 e. The molecule has 1 aromatic rings. The summed E-state index contributed by atoms with van der Waals surface area (Å²) in [7, 11) is 0. The van der Waals surface area contributed by atoms with Crippen LogP contribution in [-0.2, 0) is 4.79 Å². The van der Waals surface area contributed by atoms with Crippen molar-refractivity contribution in [3.63, 3.8) is 0 Å². The molecular weight excluding hydrogens is 276 g/mol. The van der Waals surface area contributed by atoms with Gasteiger partial charge in [0.25, 0.3) is 0 Å². The molecule has 2 rings (SSSR count). The van der Waals surface area contributed by atoms with E-state index in [2.05, 4.69) is 17.1 Å². The second-order valence-corrected chi connectivity index (χ2v) is 6.05. The number of rotatable bonds is 7. The molecule has 122 valence electrons. The Kier molecular flexibility index (Phi) is 6.87. The van der Waals surface area contributed by atoms with E-state index in [1.807, 2.05) is 30.3 Å². The fourth-order valence-corrected chi connectivity index (χ4v) is 3.13. The van der Waals surface area contributed by atoms with Crippen LogP contribution in [0, 0.1) is 0 Å². The van der Waals surface area contributed by atoms with Crippen molar-refractivity contribution in [3.8, 4) is 0 Å². The molecule has 0 aromatic heterocycles. The van der Waals surface area contributed by atoms with Gasteiger partial charge in [0.2, 0.25) is 5.91 Å². The zero-order valence-electron chi connectivity index (χ0n) is 13.5. The molecule has 0 bridgehead atoms. The van der Waals surface area contributed by atoms with Crippen LogP contribution in [0.25, 0.3) is 0 Å². The maximum Gasteiger partial charge on any atom is 0.237 e. The van der Waals surface area contributed by atoms with Crippen molar-refractivity contribution in [1.82, 2.24) is 10.2 Å². The van der Waals surface area contributed by atoms with Crippen LogP contribution in [0.2, 0.25) is 0 Å². The van der Waals surface area contributed by atoms with Crippen molar-refractivity contribution in [2.75, 3.05) is 19.6 Å². The van der Waals surface area contributed by atoms with Gasteiger partial charge in [-0.3, -0.25) is 9.69 Å². The van der Waals surface area contributed by atoms with E-state index in [-0.39, 0.29) is 11.9 Å². The van der Waals surface area contributed by atoms with Gasteiger partial charge < -0.3 is 10.4 Å². The minimum absolute atomic E-state index is 0.0163. The van der Waals surface area contributed by atoms with Crippen molar-refractivity contribution < 1.29 is 9.90 Å². The normalized spacial score (nSPS) is 20.5. The average Bonchev–Trinajstić information content (AvgIpc) is 2.56. The van der Waals surface area contributed by atoms with Crippen molar-refractivity contribution in [1.29, 1.82) is 0 Å². The number of aliphatic hydroxyl groups excluding tert-OH is 1. The molecule has 4 heteroatoms. The molecule has 0 saturated carbocycles. The van der Waals surface area contributed by atoms with Crippen LogP contribution in [0.15, 0.2) is 30.3 Å². The summed E-state index contributed by atoms with van der Waals surface area (Å²) in [6.07, 6.45) is 4.39. The molecular formula is C18H28N2O2. The van der Waals surface area contributed by atoms with Crippen LogP contribution in [0.1, 0.15) is 50.7 Å². The molecule has 0 spiro atoms. The standard InChI is InChI=1S/C18H28N2O2/c1-2-13-20-14-7-6-10-16(20)18(22)19-12-11-17(21)15-8-4-3-5-9-15/h3-5,8-9,16-17,21H,2,6-7,10-14H2,1H3,(H,19,22). The largest absolute Gasteiger partial charge is 0.388 e. The van der Waals surface area contributed by atoms with Crippen LogP contribution in [0.4, 0.5) is 0 Å². The highest BCUT2D eigenvalue weighted by Crippen LogP contribution is 2.18. The van der Waals surface area contributed by atoms with Crippen LogP contribution in [0.3, 0.4) is 0 Å². The summed E-state index contributed by atoms with van der Waals surface area (Å²) in [5, 5.41) is 13.1. The first-order chi connectivity index (χ1) is 10.7. The van der Waals surface area contributed by atoms with Crippen LogP contribution < -0.4 is 5.32 Å². The monoisotopic (exact) mass is 304 g/mol. The molecule has 22 heavy (non-hydrogen) atoms. The summed E-state index contributed by atoms with van der Waals surface area (Å²) in [4.78, 5) is 14.7. The van der Waals surface area contributed by atoms with E-state index in [1.165, 1.54) is 6.42 Å². The summed E-state index contributed by atoms with van der Waals surface area (Å²) < 4.78 is 0. The topological polar surface area (TPSA) is 52.6 Å². The summed E-state index contributed by atoms with van der Waals surface area (Å²) in [6.45, 7) is 4.69. The summed E-state index contributed by atoms with van der Waals surface area (Å²) in [5.41, 5.74) is 0.905. The fourth-order valence-electron chi connectivity index (χ4n) is 3.13. The molecule has 0 aliphatic carbocycles. The summed E-state index contributed by atoms with van der Waals surface area (Å²) in [5.74, 6) is 0.119. The zero-order valence-corrected chi connectivity index (χ0v) is 13.5. The van der Waals surface area contributed by atoms with Crippen LogP contribution in [-0.4, -0.2) is 41.6 Å². The maximum absolute atomic E-state index is 12.4. The molecule has 4 nitrogen and oxygen atoms in total. The van der Waals surface area contributed by atoms with E-state index in [9.17, 15) is 9.90 Å². The first-order valence-electron chi connectivity index (χ1n) is 8.47. The lowest BCUT2D eigenvalue weighted by Crippen LogP contribution is -2.49. The van der Waals surface area contributed by atoms with Gasteiger partial charge in [-0.1, -0.05) is 43.7 Å². The molecule has 1 saturated heterocycles. The number of aliphatic hydroxyl groups is 1. The molecule has 1 aliphatic heterocycles. The fraction of sp³-hybridized carbons (Fsp3) is 0.611. The highest BCUT2D eigenvalue weighted by atomic mass is 16.3. The first kappa shape index (κ1) is 17.0. The predicted octanol–water partition coefficient (Wildman–Crippen LogP) is 2.49. The number of hydrogen-bond donors (Lipinski definition) is 2. The summed E-state index contributed by atoms with van der Waals surface area (Å²) in [6, 6.07) is 9.61. The number of nitrogens with zero attached hydrogens (tertiary/aromatic N) is 1. The van der Waals surface area contributed by atoms with E-state index in [0.29, 0.717) is 13.0 Å². The Balaban J connectivity index is 1.77. The van der Waals surface area contributed by atoms with E-state index in [4.69, 9.17) is 0 Å². The Labute approximate surface area is 133 Å². The molecule has 1 heterocycles. The minimum Gasteiger partial charge on any atom is -0.388 e. The van der Waals surface area contributed by atoms with Gasteiger partial charge >= 0.3 is 0 Å². The van der Waals surface area contributed by atoms with Gasteiger partial charge in [-0.05, 0) is 44.3 Å². The lowest BCUT2D eigenvalue weighted by Gasteiger charge is -2.34. The van der Waals surface area contributed by atoms with Gasteiger partial charge in [0, 0.05) is 6.54 Å². The Morgan fingerprint density at radius 1 is 1.36 bits per heavy atom. The first-order valence-corrected chi connectivity index (χ1v) is 8.47. The molecule has 1 amide bonds. The second-order valence-electron chi connectivity index (χ2n) is 6.05. The SMILES string of the molecule is CCCN1CCCCC1C(=O)NCCC(O)c1ccccc1. The highest BCUT2D eigenvalue weighted by molar-refractivity contribution is 5.81. The van der Waals surface area contributed by atoms with Gasteiger partial charge in [-0.2, -0.15) is 0 Å². The van der Waals surface area contributed by atoms with E-state index in [1.54, 1.807) is 0 Å². The Morgan fingerprint density at radius 3 is 2.86 bits per heavy atom. The molecule has 1 fully saturated rings. The van der Waals surface area contributed by atoms with E-state index in [0.717, 1.165) is 37.9 Å². The molecule has 1 aliphatic rings. The van der Waals surface area contributed by atoms with Crippen molar-refractivity contribution in [3.05, 3.63) is 35.9 Å². The molecule has 1 aromatic carbocycles. The lowest BCUT2D eigenvalue weighted by atomic mass is 10.0. The number of likely N-dealkylation sites (tertiary alicyclic amines) is 1. The molecule has 2 atom stereocenters. The highest BCUT2D eigenvalue weighted by Gasteiger charge is 2.27. The van der Waals surface area contributed by atoms with Crippen LogP contribution >= 0.6 is 0 Å². The van der Waals surface area contributed by atoms with Crippen LogP contribution in [0.5, 0.6) is 0 Å².